The molecule has 0 spiro atoms. The highest BCUT2D eigenvalue weighted by atomic mass is 32.1. The largest absolute Gasteiger partial charge is 0.466 e. The number of carbonyl (C=O) groups is 1. The quantitative estimate of drug-likeness (QED) is 0.802. The van der Waals surface area contributed by atoms with E-state index in [1.165, 1.54) is 4.88 Å². The maximum Gasteiger partial charge on any atom is 0.313 e. The van der Waals surface area contributed by atoms with Gasteiger partial charge in [0.05, 0.1) is 31.1 Å². The molecule has 122 valence electrons. The predicted octanol–water partition coefficient (Wildman–Crippen LogP) is 2.12. The molecule has 1 aliphatic carbocycles. The molecule has 0 radical (unpaired) electrons. The van der Waals surface area contributed by atoms with Crippen molar-refractivity contribution < 1.29 is 14.3 Å². The van der Waals surface area contributed by atoms with E-state index in [0.29, 0.717) is 19.8 Å². The van der Waals surface area contributed by atoms with Gasteiger partial charge in [-0.15, -0.1) is 11.3 Å². The van der Waals surface area contributed by atoms with Crippen molar-refractivity contribution in [2.24, 2.45) is 0 Å². The number of aryl methyl sites for hydroxylation is 1. The van der Waals surface area contributed by atoms with E-state index in [0.717, 1.165) is 47.5 Å². The van der Waals surface area contributed by atoms with Gasteiger partial charge in [-0.25, -0.2) is 9.97 Å². The minimum absolute atomic E-state index is 0.122. The number of hydrogen-bond acceptors (Lipinski definition) is 7. The van der Waals surface area contributed by atoms with Crippen LogP contribution in [-0.4, -0.2) is 48.8 Å². The molecule has 2 aromatic heterocycles. The summed E-state index contributed by atoms with van der Waals surface area (Å²) in [6.07, 6.45) is 3.37. The Morgan fingerprint density at radius 1 is 1.43 bits per heavy atom. The van der Waals surface area contributed by atoms with Gasteiger partial charge in [-0.05, 0) is 25.3 Å². The number of morpholine rings is 1. The van der Waals surface area contributed by atoms with Crippen LogP contribution in [0.1, 0.15) is 29.7 Å². The third-order valence-corrected chi connectivity index (χ3v) is 5.65. The van der Waals surface area contributed by atoms with Gasteiger partial charge in [0.1, 0.15) is 17.0 Å². The molecule has 23 heavy (non-hydrogen) atoms. The maximum atomic E-state index is 12.3. The van der Waals surface area contributed by atoms with E-state index in [1.807, 2.05) is 6.92 Å². The smallest absolute Gasteiger partial charge is 0.313 e. The van der Waals surface area contributed by atoms with E-state index >= 15 is 0 Å². The number of rotatable bonds is 3. The molecule has 0 aromatic carbocycles. The molecule has 0 amide bonds. The number of fused-ring (bicyclic) bond motifs is 3. The van der Waals surface area contributed by atoms with Gasteiger partial charge < -0.3 is 14.4 Å². The number of aromatic nitrogens is 2. The fourth-order valence-corrected chi connectivity index (χ4v) is 4.66. The lowest BCUT2D eigenvalue weighted by molar-refractivity contribution is -0.144. The zero-order chi connectivity index (χ0) is 15.8. The molecule has 7 heteroatoms. The third kappa shape index (κ3) is 2.48. The van der Waals surface area contributed by atoms with Gasteiger partial charge in [-0.1, -0.05) is 0 Å². The van der Waals surface area contributed by atoms with Crippen molar-refractivity contribution in [3.05, 3.63) is 16.8 Å². The Morgan fingerprint density at radius 2 is 2.26 bits per heavy atom. The zero-order valence-electron chi connectivity index (χ0n) is 13.1. The van der Waals surface area contributed by atoms with Crippen LogP contribution in [0, 0.1) is 0 Å². The average Bonchev–Trinajstić information content (AvgIpc) is 3.14. The molecule has 1 fully saturated rings. The SMILES string of the molecule is CCOC(=O)[C@@H]1CCc2sc3ncnc(N4CCOCC4)c3c21. The highest BCUT2D eigenvalue weighted by Crippen LogP contribution is 2.46. The second-order valence-corrected chi connectivity index (χ2v) is 6.84. The number of anilines is 1. The van der Waals surface area contributed by atoms with E-state index in [9.17, 15) is 4.79 Å². The first-order chi connectivity index (χ1) is 11.3. The van der Waals surface area contributed by atoms with E-state index in [2.05, 4.69) is 14.9 Å². The Labute approximate surface area is 138 Å². The number of nitrogens with zero attached hydrogens (tertiary/aromatic N) is 3. The van der Waals surface area contributed by atoms with Crippen molar-refractivity contribution in [3.8, 4) is 0 Å². The van der Waals surface area contributed by atoms with Gasteiger partial charge in [0.15, 0.2) is 0 Å². The summed E-state index contributed by atoms with van der Waals surface area (Å²) in [5, 5.41) is 1.05. The first-order valence-electron chi connectivity index (χ1n) is 8.05. The van der Waals surface area contributed by atoms with Gasteiger partial charge in [-0.2, -0.15) is 0 Å². The summed E-state index contributed by atoms with van der Waals surface area (Å²) in [4.78, 5) is 25.8. The first-order valence-corrected chi connectivity index (χ1v) is 8.86. The molecule has 1 saturated heterocycles. The van der Waals surface area contributed by atoms with E-state index < -0.39 is 0 Å². The molecule has 2 aromatic rings. The van der Waals surface area contributed by atoms with Crippen molar-refractivity contribution >= 4 is 33.3 Å². The molecule has 4 rings (SSSR count). The molecule has 0 bridgehead atoms. The molecule has 2 aliphatic rings. The molecule has 3 heterocycles. The minimum atomic E-state index is -0.176. The number of ether oxygens (including phenoxy) is 2. The molecular formula is C16H19N3O3S. The number of thiophene rings is 1. The first kappa shape index (κ1) is 14.8. The monoisotopic (exact) mass is 333 g/mol. The second-order valence-electron chi connectivity index (χ2n) is 5.76. The average molecular weight is 333 g/mol. The van der Waals surface area contributed by atoms with Crippen LogP contribution >= 0.6 is 11.3 Å². The van der Waals surface area contributed by atoms with Gasteiger partial charge in [0.25, 0.3) is 0 Å². The Morgan fingerprint density at radius 3 is 3.04 bits per heavy atom. The Hall–Kier alpha value is -1.73. The van der Waals surface area contributed by atoms with Crippen LogP contribution in [-0.2, 0) is 20.7 Å². The summed E-state index contributed by atoms with van der Waals surface area (Å²) in [5.41, 5.74) is 1.10. The van der Waals surface area contributed by atoms with Crippen molar-refractivity contribution in [2.45, 2.75) is 25.7 Å². The summed E-state index contributed by atoms with van der Waals surface area (Å²) in [5.74, 6) is 0.638. The summed E-state index contributed by atoms with van der Waals surface area (Å²) in [6, 6.07) is 0. The molecule has 1 atom stereocenters. The zero-order valence-corrected chi connectivity index (χ0v) is 13.9. The van der Waals surface area contributed by atoms with Crippen molar-refractivity contribution in [1.29, 1.82) is 0 Å². The minimum Gasteiger partial charge on any atom is -0.466 e. The lowest BCUT2D eigenvalue weighted by Crippen LogP contribution is -2.37. The van der Waals surface area contributed by atoms with Crippen molar-refractivity contribution in [1.82, 2.24) is 9.97 Å². The summed E-state index contributed by atoms with van der Waals surface area (Å²) in [6.45, 7) is 5.32. The lowest BCUT2D eigenvalue weighted by atomic mass is 10.0. The standard InChI is InChI=1S/C16H19N3O3S/c1-2-22-16(20)10-3-4-11-12(10)13-14(17-9-18-15(13)23-11)19-5-7-21-8-6-19/h9-10H,2-8H2,1H3/t10-/m1/s1. The van der Waals surface area contributed by atoms with Crippen LogP contribution in [0.2, 0.25) is 0 Å². The Balaban J connectivity index is 1.82. The van der Waals surface area contributed by atoms with Crippen LogP contribution in [0.3, 0.4) is 0 Å². The van der Waals surface area contributed by atoms with Crippen molar-refractivity contribution in [2.75, 3.05) is 37.8 Å². The third-order valence-electron chi connectivity index (χ3n) is 4.47. The maximum absolute atomic E-state index is 12.3. The van der Waals surface area contributed by atoms with Gasteiger partial charge >= 0.3 is 5.97 Å². The summed E-state index contributed by atoms with van der Waals surface area (Å²) in [7, 11) is 0. The van der Waals surface area contributed by atoms with Gasteiger partial charge in [0.2, 0.25) is 0 Å². The Bertz CT molecular complexity index is 739. The predicted molar refractivity (Wildman–Crippen MR) is 88.1 cm³/mol. The lowest BCUT2D eigenvalue weighted by Gasteiger charge is -2.28. The van der Waals surface area contributed by atoms with E-state index in [4.69, 9.17) is 9.47 Å². The topological polar surface area (TPSA) is 64.5 Å². The van der Waals surface area contributed by atoms with Crippen LogP contribution in [0.15, 0.2) is 6.33 Å². The molecule has 0 unspecified atom stereocenters. The number of esters is 1. The molecule has 1 aliphatic heterocycles. The second kappa shape index (κ2) is 6.05. The fourth-order valence-electron chi connectivity index (χ4n) is 3.45. The van der Waals surface area contributed by atoms with E-state index in [1.54, 1.807) is 17.7 Å². The van der Waals surface area contributed by atoms with Gasteiger partial charge in [0, 0.05) is 18.0 Å². The Kier molecular flexibility index (Phi) is 3.90. The normalized spacial score (nSPS) is 20.7. The summed E-state index contributed by atoms with van der Waals surface area (Å²) < 4.78 is 10.7. The highest BCUT2D eigenvalue weighted by molar-refractivity contribution is 7.19. The molecule has 0 N–H and O–H groups in total. The van der Waals surface area contributed by atoms with Crippen LogP contribution in [0.4, 0.5) is 5.82 Å². The van der Waals surface area contributed by atoms with E-state index in [-0.39, 0.29) is 11.9 Å². The highest BCUT2D eigenvalue weighted by Gasteiger charge is 2.35. The molecule has 0 saturated carbocycles. The number of carbonyl (C=O) groups excluding carboxylic acids is 1. The number of hydrogen-bond donors (Lipinski definition) is 0. The fraction of sp³-hybridized carbons (Fsp3) is 0.562. The van der Waals surface area contributed by atoms with Crippen LogP contribution < -0.4 is 4.90 Å². The summed E-state index contributed by atoms with van der Waals surface area (Å²) >= 11 is 1.69. The molecular weight excluding hydrogens is 314 g/mol. The molecule has 6 nitrogen and oxygen atoms in total. The van der Waals surface area contributed by atoms with Gasteiger partial charge in [-0.3, -0.25) is 4.79 Å². The van der Waals surface area contributed by atoms with Crippen LogP contribution in [0.25, 0.3) is 10.2 Å². The van der Waals surface area contributed by atoms with Crippen molar-refractivity contribution in [3.63, 3.8) is 0 Å². The van der Waals surface area contributed by atoms with Crippen LogP contribution in [0.5, 0.6) is 0 Å².